The third-order valence-electron chi connectivity index (χ3n) is 2.87. The summed E-state index contributed by atoms with van der Waals surface area (Å²) >= 11 is 3.49. The predicted octanol–water partition coefficient (Wildman–Crippen LogP) is 3.11. The molecule has 1 aromatic rings. The minimum atomic E-state index is -0.256. The molecule has 1 N–H and O–H groups in total. The van der Waals surface area contributed by atoms with Crippen LogP contribution in [0.1, 0.15) is 25.3 Å². The van der Waals surface area contributed by atoms with Crippen molar-refractivity contribution in [2.24, 2.45) is 0 Å². The molecule has 1 aliphatic heterocycles. The van der Waals surface area contributed by atoms with Gasteiger partial charge in [0, 0.05) is 22.3 Å². The Balaban J connectivity index is 2.46. The smallest absolute Gasteiger partial charge is 0.340 e. The number of esters is 1. The lowest BCUT2D eigenvalue weighted by molar-refractivity contribution is -0.136. The molecule has 0 aliphatic carbocycles. The van der Waals surface area contributed by atoms with Crippen LogP contribution in [0.2, 0.25) is 0 Å². The third kappa shape index (κ3) is 2.75. The van der Waals surface area contributed by atoms with Gasteiger partial charge in [-0.25, -0.2) is 4.79 Å². The number of carbonyl (C=O) groups excluding carboxylic acids is 1. The van der Waals surface area contributed by atoms with Crippen LogP contribution in [0.3, 0.4) is 0 Å². The van der Waals surface area contributed by atoms with E-state index >= 15 is 0 Å². The van der Waals surface area contributed by atoms with E-state index in [1.165, 1.54) is 0 Å². The lowest BCUT2D eigenvalue weighted by Gasteiger charge is -2.12. The van der Waals surface area contributed by atoms with Crippen LogP contribution in [0.5, 0.6) is 0 Å². The highest BCUT2D eigenvalue weighted by Crippen LogP contribution is 2.29. The molecule has 1 saturated heterocycles. The molecule has 96 valence electrons. The van der Waals surface area contributed by atoms with Crippen LogP contribution < -0.4 is 5.32 Å². The van der Waals surface area contributed by atoms with Crippen LogP contribution in [0.15, 0.2) is 34.4 Å². The number of hydrogen-bond donors (Lipinski definition) is 1. The number of ether oxygens (including phenoxy) is 1. The fraction of sp³-hybridized carbons (Fsp3) is 0.357. The largest absolute Gasteiger partial charge is 0.462 e. The average molecular weight is 310 g/mol. The maximum absolute atomic E-state index is 12.1. The van der Waals surface area contributed by atoms with Gasteiger partial charge in [-0.1, -0.05) is 34.1 Å². The average Bonchev–Trinajstić information content (AvgIpc) is 2.86. The highest BCUT2D eigenvalue weighted by Gasteiger charge is 2.22. The molecule has 0 unspecified atom stereocenters. The maximum Gasteiger partial charge on any atom is 0.340 e. The first-order chi connectivity index (χ1) is 8.74. The van der Waals surface area contributed by atoms with Crippen molar-refractivity contribution in [2.45, 2.75) is 19.8 Å². The van der Waals surface area contributed by atoms with Gasteiger partial charge in [-0.15, -0.1) is 0 Å². The van der Waals surface area contributed by atoms with Gasteiger partial charge in [-0.3, -0.25) is 0 Å². The molecule has 0 radical (unpaired) electrons. The summed E-state index contributed by atoms with van der Waals surface area (Å²) < 4.78 is 6.08. The molecule has 1 aliphatic rings. The Morgan fingerprint density at radius 1 is 1.44 bits per heavy atom. The van der Waals surface area contributed by atoms with Crippen LogP contribution in [-0.4, -0.2) is 19.1 Å². The Bertz CT molecular complexity index is 474. The summed E-state index contributed by atoms with van der Waals surface area (Å²) in [7, 11) is 0. The second-order valence-corrected chi connectivity index (χ2v) is 4.94. The Hall–Kier alpha value is -1.29. The fourth-order valence-electron chi connectivity index (χ4n) is 2.07. The molecule has 18 heavy (non-hydrogen) atoms. The van der Waals surface area contributed by atoms with Gasteiger partial charge in [0.2, 0.25) is 0 Å². The topological polar surface area (TPSA) is 38.3 Å². The highest BCUT2D eigenvalue weighted by molar-refractivity contribution is 9.10. The predicted molar refractivity (Wildman–Crippen MR) is 74.9 cm³/mol. The molecule has 0 aromatic heterocycles. The van der Waals surface area contributed by atoms with Crippen molar-refractivity contribution < 1.29 is 9.53 Å². The Morgan fingerprint density at radius 2 is 2.22 bits per heavy atom. The third-order valence-corrected chi connectivity index (χ3v) is 3.56. The second-order valence-electron chi connectivity index (χ2n) is 4.08. The zero-order chi connectivity index (χ0) is 13.0. The van der Waals surface area contributed by atoms with E-state index in [-0.39, 0.29) is 5.97 Å². The Labute approximate surface area is 115 Å². The van der Waals surface area contributed by atoms with E-state index in [0.29, 0.717) is 12.2 Å². The van der Waals surface area contributed by atoms with Crippen LogP contribution >= 0.6 is 15.9 Å². The Morgan fingerprint density at radius 3 is 2.83 bits per heavy atom. The lowest BCUT2D eigenvalue weighted by Crippen LogP contribution is -2.14. The minimum absolute atomic E-state index is 0.256. The zero-order valence-corrected chi connectivity index (χ0v) is 11.9. The van der Waals surface area contributed by atoms with Crippen LogP contribution in [0.4, 0.5) is 0 Å². The summed E-state index contributed by atoms with van der Waals surface area (Å²) in [5.41, 5.74) is 2.53. The van der Waals surface area contributed by atoms with Crippen molar-refractivity contribution in [3.05, 3.63) is 40.0 Å². The molecule has 3 nitrogen and oxygen atoms in total. The minimum Gasteiger partial charge on any atom is -0.462 e. The maximum atomic E-state index is 12.1. The molecule has 1 fully saturated rings. The van der Waals surface area contributed by atoms with Crippen molar-refractivity contribution in [3.63, 3.8) is 0 Å². The van der Waals surface area contributed by atoms with Crippen molar-refractivity contribution in [1.29, 1.82) is 0 Å². The van der Waals surface area contributed by atoms with E-state index in [9.17, 15) is 4.79 Å². The van der Waals surface area contributed by atoms with Crippen molar-refractivity contribution in [2.75, 3.05) is 13.2 Å². The summed E-state index contributed by atoms with van der Waals surface area (Å²) in [6, 6.07) is 7.73. The van der Waals surface area contributed by atoms with Gasteiger partial charge in [-0.05, 0) is 25.8 Å². The molecule has 0 spiro atoms. The first kappa shape index (κ1) is 13.1. The molecule has 0 atom stereocenters. The van der Waals surface area contributed by atoms with E-state index < -0.39 is 0 Å². The molecule has 4 heteroatoms. The van der Waals surface area contributed by atoms with Crippen molar-refractivity contribution in [1.82, 2.24) is 5.32 Å². The lowest BCUT2D eigenvalue weighted by atomic mass is 10.0. The second kappa shape index (κ2) is 6.05. The quantitative estimate of drug-likeness (QED) is 0.689. The van der Waals surface area contributed by atoms with Gasteiger partial charge >= 0.3 is 5.97 Å². The van der Waals surface area contributed by atoms with E-state index in [1.807, 2.05) is 31.2 Å². The van der Waals surface area contributed by atoms with Gasteiger partial charge in [-0.2, -0.15) is 0 Å². The summed E-state index contributed by atoms with van der Waals surface area (Å²) in [6.07, 6.45) is 1.96. The SMILES string of the molecule is CCOC(=O)/C(=C1\CCCN1)c1ccccc1Br. The molecular formula is C14H16BrNO2. The molecule has 0 bridgehead atoms. The zero-order valence-electron chi connectivity index (χ0n) is 10.3. The van der Waals surface area contributed by atoms with E-state index in [2.05, 4.69) is 21.2 Å². The molecule has 0 saturated carbocycles. The highest BCUT2D eigenvalue weighted by atomic mass is 79.9. The first-order valence-corrected chi connectivity index (χ1v) is 6.92. The van der Waals surface area contributed by atoms with Crippen LogP contribution in [0.25, 0.3) is 5.57 Å². The van der Waals surface area contributed by atoms with Gasteiger partial charge in [0.15, 0.2) is 0 Å². The van der Waals surface area contributed by atoms with Gasteiger partial charge in [0.25, 0.3) is 0 Å². The number of rotatable bonds is 3. The summed E-state index contributed by atoms with van der Waals surface area (Å²) in [5.74, 6) is -0.256. The molecular weight excluding hydrogens is 294 g/mol. The number of allylic oxidation sites excluding steroid dienone is 1. The first-order valence-electron chi connectivity index (χ1n) is 6.13. The van der Waals surface area contributed by atoms with E-state index in [4.69, 9.17) is 4.74 Å². The molecule has 1 aromatic carbocycles. The van der Waals surface area contributed by atoms with E-state index in [0.717, 1.165) is 35.1 Å². The van der Waals surface area contributed by atoms with Gasteiger partial charge in [0.05, 0.1) is 12.2 Å². The molecule has 2 rings (SSSR count). The number of hydrogen-bond acceptors (Lipinski definition) is 3. The number of halogens is 1. The normalized spacial score (nSPS) is 17.2. The van der Waals surface area contributed by atoms with Crippen LogP contribution in [0, 0.1) is 0 Å². The monoisotopic (exact) mass is 309 g/mol. The summed E-state index contributed by atoms with van der Waals surface area (Å²) in [5, 5.41) is 3.28. The Kier molecular flexibility index (Phi) is 4.42. The van der Waals surface area contributed by atoms with Crippen molar-refractivity contribution in [3.8, 4) is 0 Å². The summed E-state index contributed by atoms with van der Waals surface area (Å²) in [6.45, 7) is 3.13. The van der Waals surface area contributed by atoms with E-state index in [1.54, 1.807) is 0 Å². The summed E-state index contributed by atoms with van der Waals surface area (Å²) in [4.78, 5) is 12.1. The van der Waals surface area contributed by atoms with Crippen molar-refractivity contribution >= 4 is 27.5 Å². The molecule has 0 amide bonds. The standard InChI is InChI=1S/C14H16BrNO2/c1-2-18-14(17)13(12-8-5-9-16-12)10-6-3-4-7-11(10)15/h3-4,6-7,16H,2,5,8-9H2,1H3/b13-12+. The number of nitrogens with one attached hydrogen (secondary N) is 1. The number of carbonyl (C=O) groups is 1. The van der Waals surface area contributed by atoms with Crippen LogP contribution in [-0.2, 0) is 9.53 Å². The molecule has 1 heterocycles. The fourth-order valence-corrected chi connectivity index (χ4v) is 2.55. The van der Waals surface area contributed by atoms with Gasteiger partial charge in [0.1, 0.15) is 0 Å². The van der Waals surface area contributed by atoms with Gasteiger partial charge < -0.3 is 10.1 Å². The number of benzene rings is 1.